The van der Waals surface area contributed by atoms with E-state index in [1.54, 1.807) is 0 Å². The molecular formula is C20H22F2N4O2. The molecule has 0 radical (unpaired) electrons. The van der Waals surface area contributed by atoms with Gasteiger partial charge in [0, 0.05) is 24.2 Å². The summed E-state index contributed by atoms with van der Waals surface area (Å²) in [4.78, 5) is 10.9. The van der Waals surface area contributed by atoms with E-state index in [0.29, 0.717) is 35.9 Å². The highest BCUT2D eigenvalue weighted by Crippen LogP contribution is 2.29. The highest BCUT2D eigenvalue weighted by Gasteiger charge is 2.19. The summed E-state index contributed by atoms with van der Waals surface area (Å²) >= 11 is 0. The van der Waals surface area contributed by atoms with E-state index in [1.807, 2.05) is 13.0 Å². The smallest absolute Gasteiger partial charge is 0.293 e. The fraction of sp³-hybridized carbons (Fsp3) is 0.400. The molecule has 3 N–H and O–H groups in total. The number of halogens is 2. The van der Waals surface area contributed by atoms with Gasteiger partial charge >= 0.3 is 0 Å². The van der Waals surface area contributed by atoms with E-state index in [-0.39, 0.29) is 23.9 Å². The molecule has 0 saturated heterocycles. The number of fused-ring (bicyclic) bond motifs is 1. The van der Waals surface area contributed by atoms with Gasteiger partial charge in [-0.1, -0.05) is 13.3 Å². The number of pyridine rings is 1. The lowest BCUT2D eigenvalue weighted by Crippen LogP contribution is -2.19. The molecule has 0 amide bonds. The van der Waals surface area contributed by atoms with E-state index < -0.39 is 11.6 Å². The molecular weight excluding hydrogens is 366 g/mol. The van der Waals surface area contributed by atoms with Crippen molar-refractivity contribution >= 4 is 17.0 Å². The molecule has 1 fully saturated rings. The third-order valence-electron chi connectivity index (χ3n) is 5.18. The quantitative estimate of drug-likeness (QED) is 0.562. The number of hydrogen-bond donors (Lipinski definition) is 3. The van der Waals surface area contributed by atoms with Crippen LogP contribution < -0.4 is 10.1 Å². The molecule has 4 rings (SSSR count). The second-order valence-corrected chi connectivity index (χ2v) is 7.11. The number of aromatic nitrogens is 3. The van der Waals surface area contributed by atoms with E-state index in [1.165, 1.54) is 18.6 Å². The number of aromatic amines is 1. The van der Waals surface area contributed by atoms with Crippen molar-refractivity contribution in [3.8, 4) is 11.8 Å². The Morgan fingerprint density at radius 2 is 1.96 bits per heavy atom. The zero-order chi connectivity index (χ0) is 19.7. The number of hydrogen-bond acceptors (Lipinski definition) is 5. The normalized spacial score (nSPS) is 14.2. The Morgan fingerprint density at radius 1 is 1.21 bits per heavy atom. The van der Waals surface area contributed by atoms with Gasteiger partial charge in [0.05, 0.1) is 12.1 Å². The number of nitrogens with zero attached hydrogens (tertiary/aromatic N) is 2. The SMILES string of the molecule is CCc1cc2[nH]c(O)nc2nc1NCc1c(F)cc(OCC2CCC2)cc1F. The Labute approximate surface area is 161 Å². The van der Waals surface area contributed by atoms with E-state index in [2.05, 4.69) is 20.3 Å². The Morgan fingerprint density at radius 3 is 2.61 bits per heavy atom. The maximum absolute atomic E-state index is 14.4. The van der Waals surface area contributed by atoms with Crippen molar-refractivity contribution in [3.05, 3.63) is 41.0 Å². The molecule has 2 heterocycles. The topological polar surface area (TPSA) is 83.1 Å². The highest BCUT2D eigenvalue weighted by atomic mass is 19.1. The minimum atomic E-state index is -0.660. The summed E-state index contributed by atoms with van der Waals surface area (Å²) in [5.41, 5.74) is 1.70. The number of nitrogens with one attached hydrogen (secondary N) is 2. The van der Waals surface area contributed by atoms with Gasteiger partial charge in [0.15, 0.2) is 5.65 Å². The first-order valence-electron chi connectivity index (χ1n) is 9.46. The molecule has 0 aliphatic heterocycles. The number of aryl methyl sites for hydroxylation is 1. The van der Waals surface area contributed by atoms with Crippen LogP contribution in [0.3, 0.4) is 0 Å². The predicted molar refractivity (Wildman–Crippen MR) is 101 cm³/mol. The standard InChI is InChI=1S/C20H22F2N4O2/c1-2-12-6-17-19(26-20(27)24-17)25-18(12)23-9-14-15(21)7-13(8-16(14)22)28-10-11-4-3-5-11/h6-8,11H,2-5,9-10H2,1H3,(H3,23,24,25,26,27). The summed E-state index contributed by atoms with van der Waals surface area (Å²) in [7, 11) is 0. The van der Waals surface area contributed by atoms with Crippen LogP contribution in [0.25, 0.3) is 11.2 Å². The molecule has 2 aromatic heterocycles. The van der Waals surface area contributed by atoms with Crippen molar-refractivity contribution in [3.63, 3.8) is 0 Å². The number of imidazole rings is 1. The minimum absolute atomic E-state index is 0.0670. The summed E-state index contributed by atoms with van der Waals surface area (Å²) in [6, 6.07) is 4.03. The van der Waals surface area contributed by atoms with Crippen LogP contribution in [-0.4, -0.2) is 26.7 Å². The molecule has 1 aliphatic rings. The molecule has 1 aromatic carbocycles. The van der Waals surface area contributed by atoms with Crippen LogP contribution in [-0.2, 0) is 13.0 Å². The zero-order valence-electron chi connectivity index (χ0n) is 15.6. The summed E-state index contributed by atoms with van der Waals surface area (Å²) in [5, 5.41) is 12.5. The Kier molecular flexibility index (Phi) is 5.02. The first-order valence-corrected chi connectivity index (χ1v) is 9.46. The van der Waals surface area contributed by atoms with Crippen molar-refractivity contribution in [1.82, 2.24) is 15.0 Å². The van der Waals surface area contributed by atoms with Gasteiger partial charge in [-0.25, -0.2) is 13.8 Å². The molecule has 0 atom stereocenters. The molecule has 0 unspecified atom stereocenters. The van der Waals surface area contributed by atoms with Crippen LogP contribution >= 0.6 is 0 Å². The fourth-order valence-corrected chi connectivity index (χ4v) is 3.27. The molecule has 0 spiro atoms. The number of H-pyrrole nitrogens is 1. The number of anilines is 1. The van der Waals surface area contributed by atoms with E-state index in [0.717, 1.165) is 18.4 Å². The van der Waals surface area contributed by atoms with Gasteiger partial charge < -0.3 is 20.1 Å². The summed E-state index contributed by atoms with van der Waals surface area (Å²) in [6.45, 7) is 2.37. The van der Waals surface area contributed by atoms with Gasteiger partial charge in [0.25, 0.3) is 6.01 Å². The summed E-state index contributed by atoms with van der Waals surface area (Å²) in [6.07, 6.45) is 4.07. The first-order chi connectivity index (χ1) is 13.5. The van der Waals surface area contributed by atoms with E-state index in [9.17, 15) is 13.9 Å². The predicted octanol–water partition coefficient (Wildman–Crippen LogP) is 4.30. The Balaban J connectivity index is 1.50. The van der Waals surface area contributed by atoms with Crippen LogP contribution in [0.5, 0.6) is 11.8 Å². The van der Waals surface area contributed by atoms with Crippen LogP contribution in [0, 0.1) is 17.6 Å². The average molecular weight is 388 g/mol. The summed E-state index contributed by atoms with van der Waals surface area (Å²) in [5.74, 6) is -0.139. The van der Waals surface area contributed by atoms with Crippen molar-refractivity contribution in [1.29, 1.82) is 0 Å². The lowest BCUT2D eigenvalue weighted by molar-refractivity contribution is 0.179. The van der Waals surface area contributed by atoms with Crippen LogP contribution in [0.15, 0.2) is 18.2 Å². The molecule has 148 valence electrons. The van der Waals surface area contributed by atoms with E-state index >= 15 is 0 Å². The largest absolute Gasteiger partial charge is 0.493 e. The minimum Gasteiger partial charge on any atom is -0.493 e. The van der Waals surface area contributed by atoms with Gasteiger partial charge in [-0.05, 0) is 36.8 Å². The van der Waals surface area contributed by atoms with Gasteiger partial charge in [-0.3, -0.25) is 0 Å². The zero-order valence-corrected chi connectivity index (χ0v) is 15.6. The van der Waals surface area contributed by atoms with Crippen LogP contribution in [0.1, 0.15) is 37.3 Å². The van der Waals surface area contributed by atoms with Crippen molar-refractivity contribution in [2.24, 2.45) is 5.92 Å². The van der Waals surface area contributed by atoms with Gasteiger partial charge in [0.2, 0.25) is 0 Å². The molecule has 1 aliphatic carbocycles. The molecule has 0 bridgehead atoms. The van der Waals surface area contributed by atoms with Crippen molar-refractivity contribution < 1.29 is 18.6 Å². The van der Waals surface area contributed by atoms with Crippen LogP contribution in [0.4, 0.5) is 14.6 Å². The van der Waals surface area contributed by atoms with Crippen molar-refractivity contribution in [2.45, 2.75) is 39.2 Å². The molecule has 3 aromatic rings. The second-order valence-electron chi connectivity index (χ2n) is 7.11. The average Bonchev–Trinajstić information content (AvgIpc) is 2.97. The van der Waals surface area contributed by atoms with Gasteiger partial charge in [-0.15, -0.1) is 0 Å². The molecule has 1 saturated carbocycles. The first kappa shape index (κ1) is 18.5. The lowest BCUT2D eigenvalue weighted by Gasteiger charge is -2.25. The van der Waals surface area contributed by atoms with E-state index in [4.69, 9.17) is 4.74 Å². The number of benzene rings is 1. The number of aromatic hydroxyl groups is 1. The summed E-state index contributed by atoms with van der Waals surface area (Å²) < 4.78 is 34.4. The molecule has 28 heavy (non-hydrogen) atoms. The fourth-order valence-electron chi connectivity index (χ4n) is 3.27. The molecule has 8 heteroatoms. The number of ether oxygens (including phenoxy) is 1. The maximum Gasteiger partial charge on any atom is 0.293 e. The second kappa shape index (κ2) is 7.61. The van der Waals surface area contributed by atoms with Gasteiger partial charge in [-0.2, -0.15) is 4.98 Å². The van der Waals surface area contributed by atoms with Gasteiger partial charge in [0.1, 0.15) is 23.2 Å². The Bertz CT molecular complexity index is 978. The Hall–Kier alpha value is -2.90. The lowest BCUT2D eigenvalue weighted by atomic mass is 9.86. The molecule has 6 nitrogen and oxygen atoms in total. The maximum atomic E-state index is 14.4. The third-order valence-corrected chi connectivity index (χ3v) is 5.18. The monoisotopic (exact) mass is 388 g/mol. The third kappa shape index (κ3) is 3.72. The van der Waals surface area contributed by atoms with Crippen molar-refractivity contribution in [2.75, 3.05) is 11.9 Å². The number of rotatable bonds is 7. The van der Waals surface area contributed by atoms with Crippen LogP contribution in [0.2, 0.25) is 0 Å². The highest BCUT2D eigenvalue weighted by molar-refractivity contribution is 5.75.